The molecule has 4 aromatic heterocycles. The molecular formula is C64H40N8O12S6. The monoisotopic (exact) mass is 1300 g/mol. The van der Waals surface area contributed by atoms with Crippen LogP contribution in [-0.4, -0.2) is 68.7 Å². The molecule has 0 bridgehead atoms. The summed E-state index contributed by atoms with van der Waals surface area (Å²) < 4.78 is 38.8. The average molecular weight is 1310 g/mol. The van der Waals surface area contributed by atoms with Crippen LogP contribution in [0.25, 0.3) is 28.9 Å². The number of hydrogen-bond donors (Lipinski definition) is 0. The lowest BCUT2D eigenvalue weighted by Crippen LogP contribution is -2.52. The second kappa shape index (κ2) is 25.1. The largest absolute Gasteiger partial charge is 0.457 e. The van der Waals surface area contributed by atoms with E-state index < -0.39 is 46.9 Å². The lowest BCUT2D eigenvalue weighted by atomic mass is 9.90. The van der Waals surface area contributed by atoms with Crippen molar-refractivity contribution in [2.24, 2.45) is 9.98 Å². The average Bonchev–Trinajstić information content (AvgIpc) is 1.57. The number of thioether (sulfide) groups is 2. The maximum Gasteiger partial charge on any atom is 0.367 e. The van der Waals surface area contributed by atoms with Crippen molar-refractivity contribution in [2.45, 2.75) is 51.5 Å². The van der Waals surface area contributed by atoms with Gasteiger partial charge in [-0.1, -0.05) is 121 Å². The molecule has 0 spiro atoms. The number of amides is 2. The van der Waals surface area contributed by atoms with Crippen LogP contribution in [0, 0.1) is 45.3 Å². The molecule has 90 heavy (non-hydrogen) atoms. The lowest BCUT2D eigenvalue weighted by molar-refractivity contribution is -0.185. The number of fused-ring (bicyclic) bond motifs is 9. The Morgan fingerprint density at radius 1 is 0.467 bits per heavy atom. The summed E-state index contributed by atoms with van der Waals surface area (Å²) in [6, 6.07) is 45.1. The Morgan fingerprint density at radius 2 is 0.767 bits per heavy atom. The van der Waals surface area contributed by atoms with Crippen molar-refractivity contribution in [3.8, 4) is 55.3 Å². The summed E-state index contributed by atoms with van der Waals surface area (Å²) in [6.07, 6.45) is 0. The number of esters is 4. The van der Waals surface area contributed by atoms with Crippen molar-refractivity contribution in [2.75, 3.05) is 13.1 Å². The number of rotatable bonds is 16. The van der Waals surface area contributed by atoms with Crippen molar-refractivity contribution in [3.63, 3.8) is 0 Å². The van der Waals surface area contributed by atoms with Crippen molar-refractivity contribution < 1.29 is 57.2 Å². The molecule has 4 aliphatic heterocycles. The summed E-state index contributed by atoms with van der Waals surface area (Å²) in [5, 5.41) is 39.5. The molecule has 26 heteroatoms. The molecule has 20 nitrogen and oxygen atoms in total. The van der Waals surface area contributed by atoms with Crippen LogP contribution < -0.4 is 9.47 Å². The molecule has 8 aromatic rings. The Kier molecular flexibility index (Phi) is 16.8. The molecule has 2 saturated heterocycles. The van der Waals surface area contributed by atoms with Crippen LogP contribution in [0.3, 0.4) is 0 Å². The smallest absolute Gasteiger partial charge is 0.367 e. The number of nitrogens with zero attached hydrogens (tertiary/aromatic N) is 8. The van der Waals surface area contributed by atoms with E-state index in [0.29, 0.717) is 32.0 Å². The third kappa shape index (κ3) is 10.6. The minimum absolute atomic E-state index is 0.0403. The molecule has 0 radical (unpaired) electrons. The van der Waals surface area contributed by atoms with E-state index in [1.54, 1.807) is 135 Å². The minimum atomic E-state index is -2.77. The second-order valence-corrected chi connectivity index (χ2v) is 25.6. The van der Waals surface area contributed by atoms with E-state index in [2.05, 4.69) is 0 Å². The first-order valence-corrected chi connectivity index (χ1v) is 32.1. The molecule has 12 rings (SSSR count). The predicted molar refractivity (Wildman–Crippen MR) is 337 cm³/mol. The highest BCUT2D eigenvalue weighted by Crippen LogP contribution is 2.66. The predicted octanol–water partition coefficient (Wildman–Crippen LogP) is 12.3. The molecule has 0 atom stereocenters. The van der Waals surface area contributed by atoms with Crippen LogP contribution in [0.4, 0.5) is 10.0 Å². The van der Waals surface area contributed by atoms with Gasteiger partial charge in [0.15, 0.2) is 32.7 Å². The van der Waals surface area contributed by atoms with Gasteiger partial charge in [-0.15, -0.1) is 45.3 Å². The fourth-order valence-electron chi connectivity index (χ4n) is 9.92. The van der Waals surface area contributed by atoms with E-state index in [9.17, 15) is 30.6 Å². The van der Waals surface area contributed by atoms with E-state index in [4.69, 9.17) is 38.4 Å². The Hall–Kier alpha value is -10.2. The molecular weight excluding hydrogens is 1270 g/mol. The van der Waals surface area contributed by atoms with Gasteiger partial charge in [0.05, 0.1) is 28.9 Å². The topological polar surface area (TPSA) is 284 Å². The van der Waals surface area contributed by atoms with Crippen molar-refractivity contribution in [1.82, 2.24) is 9.80 Å². The van der Waals surface area contributed by atoms with Crippen LogP contribution in [0.2, 0.25) is 0 Å². The minimum Gasteiger partial charge on any atom is -0.457 e. The van der Waals surface area contributed by atoms with Crippen LogP contribution in [0.5, 0.6) is 11.5 Å². The van der Waals surface area contributed by atoms with Gasteiger partial charge in [-0.05, 0) is 71.8 Å². The zero-order valence-corrected chi connectivity index (χ0v) is 51.8. The molecule has 0 saturated carbocycles. The summed E-state index contributed by atoms with van der Waals surface area (Å²) in [7, 11) is 0. The van der Waals surface area contributed by atoms with E-state index in [-0.39, 0.29) is 123 Å². The van der Waals surface area contributed by atoms with Crippen molar-refractivity contribution >= 4 is 134 Å². The summed E-state index contributed by atoms with van der Waals surface area (Å²) in [5.41, 5.74) is -4.04. The quantitative estimate of drug-likeness (QED) is 0.0376. The summed E-state index contributed by atoms with van der Waals surface area (Å²) in [6.45, 7) is 2.24. The highest BCUT2D eigenvalue weighted by Gasteiger charge is 2.62. The van der Waals surface area contributed by atoms with Crippen LogP contribution in [0.1, 0.15) is 47.2 Å². The zero-order chi connectivity index (χ0) is 62.8. The lowest BCUT2D eigenvalue weighted by Gasteiger charge is -2.33. The van der Waals surface area contributed by atoms with Crippen molar-refractivity contribution in [1.29, 1.82) is 21.0 Å². The normalized spacial score (nSPS) is 15.7. The zero-order valence-electron chi connectivity index (χ0n) is 46.9. The first kappa shape index (κ1) is 60.1. The first-order chi connectivity index (χ1) is 43.8. The highest BCUT2D eigenvalue weighted by atomic mass is 32.2. The number of hydrogen-bond acceptors (Lipinski definition) is 24. The van der Waals surface area contributed by atoms with Gasteiger partial charge >= 0.3 is 35.1 Å². The Balaban J connectivity index is 1.07. The fourth-order valence-corrected chi connectivity index (χ4v) is 17.2. The van der Waals surface area contributed by atoms with Gasteiger partial charge in [-0.25, -0.2) is 29.2 Å². The van der Waals surface area contributed by atoms with Gasteiger partial charge in [-0.3, -0.25) is 19.4 Å². The number of nitriles is 4. The molecule has 0 N–H and O–H groups in total. The number of allylic oxidation sites excluding steroid dienone is 2. The SMILES string of the molecule is CCN1C(=O)C(=Nc2cc3c(s2)-c2sc4c5c(sc4c2OC3(C(=O)OCc2ccccc2)C(=O)OCc2ccccc2)-c2sc(N=C3SC(=C(C#N)C#N)N(CC)C3=O)cc2C(C(=O)OCc2ccccc2)(C(=O)OCc2ccccc2)O5)SC1=C(C#N)C#N. The second-order valence-electron chi connectivity index (χ2n) is 19.6. The van der Waals surface area contributed by atoms with Gasteiger partial charge in [0.1, 0.15) is 70.8 Å². The van der Waals surface area contributed by atoms with Crippen LogP contribution in [-0.2, 0) is 85.3 Å². The number of ether oxygens (including phenoxy) is 6. The molecule has 0 unspecified atom stereocenters. The number of thiophene rings is 4. The maximum atomic E-state index is 15.5. The van der Waals surface area contributed by atoms with E-state index >= 15 is 19.2 Å². The number of benzene rings is 4. The number of carbonyl (C=O) groups is 6. The molecule has 0 aliphatic carbocycles. The summed E-state index contributed by atoms with van der Waals surface area (Å²) >= 11 is 5.70. The molecule has 444 valence electrons. The van der Waals surface area contributed by atoms with E-state index in [1.165, 1.54) is 21.9 Å². The van der Waals surface area contributed by atoms with E-state index in [1.807, 2.05) is 24.3 Å². The van der Waals surface area contributed by atoms with Crippen molar-refractivity contribution in [3.05, 3.63) is 188 Å². The molecule has 2 amide bonds. The van der Waals surface area contributed by atoms with Crippen LogP contribution >= 0.6 is 68.9 Å². The molecule has 4 aromatic carbocycles. The molecule has 2 fully saturated rings. The Morgan fingerprint density at radius 3 is 1.04 bits per heavy atom. The van der Waals surface area contributed by atoms with Gasteiger partial charge in [-0.2, -0.15) is 21.0 Å². The van der Waals surface area contributed by atoms with Gasteiger partial charge < -0.3 is 28.4 Å². The number of aliphatic imine (C=N–C) groups is 2. The third-order valence-corrected chi connectivity index (χ3v) is 21.2. The Labute approximate surface area is 536 Å². The summed E-state index contributed by atoms with van der Waals surface area (Å²) in [4.78, 5) is 103. The maximum absolute atomic E-state index is 15.5. The van der Waals surface area contributed by atoms with Crippen LogP contribution in [0.15, 0.2) is 165 Å². The summed E-state index contributed by atoms with van der Waals surface area (Å²) in [5.74, 6) is -6.05. The van der Waals surface area contributed by atoms with E-state index in [0.717, 1.165) is 68.9 Å². The molecule has 4 aliphatic rings. The van der Waals surface area contributed by atoms with Gasteiger partial charge in [0.25, 0.3) is 11.8 Å². The number of carbonyl (C=O) groups excluding carboxylic acids is 6. The molecule has 8 heterocycles. The Bertz CT molecular complexity index is 4190. The highest BCUT2D eigenvalue weighted by molar-refractivity contribution is 8.20. The fraction of sp³-hybridized carbons (Fsp3) is 0.156. The standard InChI is InChI=1S/C64H40N8O12S6/c1-3-71-55(73)53(89-57(71)39(27-65)28-66)69-43-25-41-47(85-43)49-45(83-63(41,59(75)79-31-35-17-9-5-10-18-35)60(76)80-32-36-19-11-6-12-20-36)51-52(87-49)46-50(88-51)48-42(26-44(86-48)70-54-56(74)72(4-2)58(90-54)40(29-67)30-68)64(84-46,61(77)81-33-37-21-13-7-14-22-37)62(78)82-34-38-23-15-8-16-24-38/h5-26H,3-4,31-34H2,1-2H3. The first-order valence-electron chi connectivity index (χ1n) is 27.2. The third-order valence-electron chi connectivity index (χ3n) is 14.2. The van der Waals surface area contributed by atoms with Gasteiger partial charge in [0, 0.05) is 24.2 Å². The van der Waals surface area contributed by atoms with Gasteiger partial charge in [0.2, 0.25) is 0 Å².